The Morgan fingerprint density at radius 1 is 1.11 bits per heavy atom. The topological polar surface area (TPSA) is 49.2 Å². The number of rotatable bonds is 4. The van der Waals surface area contributed by atoms with Crippen molar-refractivity contribution in [1.82, 2.24) is 14.8 Å². The Morgan fingerprint density at radius 2 is 1.75 bits per heavy atom. The van der Waals surface area contributed by atoms with Crippen molar-refractivity contribution in [2.45, 2.75) is 64.0 Å². The molecule has 2 aromatic heterocycles. The van der Waals surface area contributed by atoms with E-state index in [9.17, 15) is 13.2 Å². The van der Waals surface area contributed by atoms with E-state index in [0.717, 1.165) is 29.9 Å². The maximum absolute atomic E-state index is 12.8. The van der Waals surface area contributed by atoms with Gasteiger partial charge in [0.15, 0.2) is 0 Å². The van der Waals surface area contributed by atoms with Crippen molar-refractivity contribution in [2.24, 2.45) is 5.92 Å². The van der Waals surface area contributed by atoms with Crippen molar-refractivity contribution in [1.29, 1.82) is 0 Å². The van der Waals surface area contributed by atoms with Crippen LogP contribution in [0.4, 0.5) is 13.2 Å². The van der Waals surface area contributed by atoms with Crippen LogP contribution in [0.1, 0.15) is 57.8 Å². The second-order valence-corrected chi connectivity index (χ2v) is 8.60. The van der Waals surface area contributed by atoms with Gasteiger partial charge < -0.3 is 9.31 Å². The zero-order valence-corrected chi connectivity index (χ0v) is 16.3. The molecule has 1 aliphatic carbocycles. The van der Waals surface area contributed by atoms with Gasteiger partial charge >= 0.3 is 13.3 Å². The third-order valence-corrected chi connectivity index (χ3v) is 5.92. The highest BCUT2D eigenvalue weighted by molar-refractivity contribution is 6.62. The molecule has 3 heterocycles. The Balaban J connectivity index is 1.59. The lowest BCUT2D eigenvalue weighted by Crippen LogP contribution is -2.41. The van der Waals surface area contributed by atoms with Crippen LogP contribution in [0.15, 0.2) is 30.7 Å². The lowest BCUT2D eigenvalue weighted by molar-refractivity contribution is -0.141. The molecule has 1 saturated carbocycles. The Labute approximate surface area is 162 Å². The maximum Gasteiger partial charge on any atom is 0.498 e. The van der Waals surface area contributed by atoms with E-state index in [1.54, 1.807) is 10.9 Å². The van der Waals surface area contributed by atoms with Crippen molar-refractivity contribution >= 4 is 12.6 Å². The van der Waals surface area contributed by atoms with Gasteiger partial charge in [0.1, 0.15) is 5.69 Å². The fraction of sp³-hybridized carbons (Fsp3) is 0.579. The molecule has 1 saturated heterocycles. The standard InChI is InChI=1S/C19H23BF3N3O2/c1-17(2)18(3,4)28-20(27-17)14-10-25-26(11-14)16(12-5-6-12)13-7-8-15(24-9-13)19(21,22)23/h7-12,16H,5-6H2,1-4H3. The van der Waals surface area contributed by atoms with E-state index >= 15 is 0 Å². The summed E-state index contributed by atoms with van der Waals surface area (Å²) in [6, 6.07) is 2.38. The molecule has 0 N–H and O–H groups in total. The molecule has 9 heteroatoms. The van der Waals surface area contributed by atoms with Gasteiger partial charge in [0.05, 0.1) is 17.2 Å². The van der Waals surface area contributed by atoms with E-state index in [0.29, 0.717) is 5.92 Å². The molecule has 2 aliphatic rings. The van der Waals surface area contributed by atoms with Gasteiger partial charge in [-0.1, -0.05) is 6.07 Å². The molecule has 2 aromatic rings. The van der Waals surface area contributed by atoms with Crippen LogP contribution >= 0.6 is 0 Å². The number of alkyl halides is 3. The second kappa shape index (κ2) is 6.32. The van der Waals surface area contributed by atoms with Crippen molar-refractivity contribution in [3.63, 3.8) is 0 Å². The van der Waals surface area contributed by atoms with E-state index in [-0.39, 0.29) is 6.04 Å². The van der Waals surface area contributed by atoms with Gasteiger partial charge in [-0.15, -0.1) is 0 Å². The molecule has 0 spiro atoms. The van der Waals surface area contributed by atoms with Gasteiger partial charge in [-0.05, 0) is 58.1 Å². The van der Waals surface area contributed by atoms with Crippen LogP contribution in [0.25, 0.3) is 0 Å². The van der Waals surface area contributed by atoms with Crippen molar-refractivity contribution in [3.05, 3.63) is 42.0 Å². The van der Waals surface area contributed by atoms with Crippen LogP contribution in [0.3, 0.4) is 0 Å². The minimum Gasteiger partial charge on any atom is -0.399 e. The summed E-state index contributed by atoms with van der Waals surface area (Å²) in [5.41, 5.74) is -0.271. The second-order valence-electron chi connectivity index (χ2n) is 8.60. The molecule has 5 nitrogen and oxygen atoms in total. The zero-order valence-electron chi connectivity index (χ0n) is 16.3. The summed E-state index contributed by atoms with van der Waals surface area (Å²) >= 11 is 0. The van der Waals surface area contributed by atoms with Crippen LogP contribution in [-0.2, 0) is 15.5 Å². The van der Waals surface area contributed by atoms with E-state index in [1.807, 2.05) is 33.9 Å². The summed E-state index contributed by atoms with van der Waals surface area (Å²) in [7, 11) is -0.524. The van der Waals surface area contributed by atoms with Crippen LogP contribution in [0.2, 0.25) is 0 Å². The first-order valence-electron chi connectivity index (χ1n) is 9.41. The molecule has 0 amide bonds. The summed E-state index contributed by atoms with van der Waals surface area (Å²) < 4.78 is 52.3. The fourth-order valence-electron chi connectivity index (χ4n) is 3.41. The van der Waals surface area contributed by atoms with Crippen LogP contribution in [-0.4, -0.2) is 33.1 Å². The zero-order chi connectivity index (χ0) is 20.3. The molecule has 1 unspecified atom stereocenters. The Bertz CT molecular complexity index is 844. The third-order valence-electron chi connectivity index (χ3n) is 5.92. The van der Waals surface area contributed by atoms with Crippen molar-refractivity contribution < 1.29 is 22.5 Å². The molecular weight excluding hydrogens is 370 g/mol. The van der Waals surface area contributed by atoms with E-state index in [1.165, 1.54) is 12.3 Å². The van der Waals surface area contributed by atoms with E-state index < -0.39 is 30.2 Å². The molecule has 0 bridgehead atoms. The molecule has 28 heavy (non-hydrogen) atoms. The Morgan fingerprint density at radius 3 is 2.25 bits per heavy atom. The van der Waals surface area contributed by atoms with Gasteiger partial charge in [-0.3, -0.25) is 9.67 Å². The lowest BCUT2D eigenvalue weighted by atomic mass is 9.82. The molecule has 1 aliphatic heterocycles. The van der Waals surface area contributed by atoms with E-state index in [2.05, 4.69) is 10.1 Å². The smallest absolute Gasteiger partial charge is 0.399 e. The van der Waals surface area contributed by atoms with Gasteiger partial charge in [-0.2, -0.15) is 18.3 Å². The fourth-order valence-corrected chi connectivity index (χ4v) is 3.41. The normalized spacial score (nSPS) is 22.5. The summed E-state index contributed by atoms with van der Waals surface area (Å²) in [6.07, 6.45) is 2.46. The number of hydrogen-bond acceptors (Lipinski definition) is 4. The third kappa shape index (κ3) is 3.46. The highest BCUT2D eigenvalue weighted by Crippen LogP contribution is 2.43. The molecule has 4 rings (SSSR count). The monoisotopic (exact) mass is 393 g/mol. The number of nitrogens with zero attached hydrogens (tertiary/aromatic N) is 3. The highest BCUT2D eigenvalue weighted by Gasteiger charge is 2.52. The first-order valence-corrected chi connectivity index (χ1v) is 9.41. The average Bonchev–Trinajstić information content (AvgIpc) is 3.24. The average molecular weight is 393 g/mol. The number of pyridine rings is 1. The predicted molar refractivity (Wildman–Crippen MR) is 98.0 cm³/mol. The summed E-state index contributed by atoms with van der Waals surface area (Å²) in [4.78, 5) is 3.61. The molecule has 150 valence electrons. The molecule has 0 radical (unpaired) electrons. The highest BCUT2D eigenvalue weighted by atomic mass is 19.4. The largest absolute Gasteiger partial charge is 0.498 e. The number of hydrogen-bond donors (Lipinski definition) is 0. The predicted octanol–water partition coefficient (Wildman–Crippen LogP) is 3.60. The van der Waals surface area contributed by atoms with Gasteiger partial charge in [-0.25, -0.2) is 0 Å². The minimum absolute atomic E-state index is 0.147. The number of aromatic nitrogens is 3. The van der Waals surface area contributed by atoms with E-state index in [4.69, 9.17) is 9.31 Å². The van der Waals surface area contributed by atoms with Crippen LogP contribution in [0.5, 0.6) is 0 Å². The molecule has 0 aromatic carbocycles. The first-order chi connectivity index (χ1) is 13.0. The Hall–Kier alpha value is -1.87. The first kappa shape index (κ1) is 19.5. The summed E-state index contributed by atoms with van der Waals surface area (Å²) in [6.45, 7) is 7.94. The quantitative estimate of drug-likeness (QED) is 0.745. The van der Waals surface area contributed by atoms with Gasteiger partial charge in [0.25, 0.3) is 0 Å². The van der Waals surface area contributed by atoms with Gasteiger partial charge in [0, 0.05) is 24.1 Å². The molecular formula is C19H23BF3N3O2. The maximum atomic E-state index is 12.8. The summed E-state index contributed by atoms with van der Waals surface area (Å²) in [5, 5.41) is 4.47. The SMILES string of the molecule is CC1(C)OB(c2cnn(C(c3ccc(C(F)(F)F)nc3)C3CC3)c2)OC1(C)C. The minimum atomic E-state index is -4.44. The molecule has 2 fully saturated rings. The summed E-state index contributed by atoms with van der Waals surface area (Å²) in [5.74, 6) is 0.338. The lowest BCUT2D eigenvalue weighted by Gasteiger charge is -2.32. The Kier molecular flexibility index (Phi) is 4.39. The van der Waals surface area contributed by atoms with Crippen molar-refractivity contribution in [2.75, 3.05) is 0 Å². The number of halogens is 3. The molecule has 1 atom stereocenters. The van der Waals surface area contributed by atoms with Crippen LogP contribution < -0.4 is 5.46 Å². The van der Waals surface area contributed by atoms with Gasteiger partial charge in [0.2, 0.25) is 0 Å². The van der Waals surface area contributed by atoms with Crippen molar-refractivity contribution in [3.8, 4) is 0 Å². The van der Waals surface area contributed by atoms with Crippen LogP contribution in [0, 0.1) is 5.92 Å².